The van der Waals surface area contributed by atoms with Gasteiger partial charge in [-0.05, 0) is 31.5 Å². The molecule has 5 heteroatoms. The maximum atomic E-state index is 12.0. The average molecular weight is 268 g/mol. The van der Waals surface area contributed by atoms with Crippen LogP contribution in [-0.4, -0.2) is 15.6 Å². The third-order valence-electron chi connectivity index (χ3n) is 3.19. The molecule has 2 aromatic rings. The van der Waals surface area contributed by atoms with Crippen LogP contribution in [0.1, 0.15) is 41.4 Å². The minimum absolute atomic E-state index is 0.0900. The van der Waals surface area contributed by atoms with Gasteiger partial charge in [0.1, 0.15) is 6.07 Å². The van der Waals surface area contributed by atoms with E-state index in [1.54, 1.807) is 29.1 Å². The van der Waals surface area contributed by atoms with E-state index < -0.39 is 0 Å². The first kappa shape index (κ1) is 13.8. The van der Waals surface area contributed by atoms with E-state index in [4.69, 9.17) is 11.0 Å². The predicted octanol–water partition coefficient (Wildman–Crippen LogP) is 2.62. The molecule has 1 heterocycles. The molecule has 0 fully saturated rings. The van der Waals surface area contributed by atoms with Crippen LogP contribution in [0, 0.1) is 18.3 Å². The van der Waals surface area contributed by atoms with Crippen molar-refractivity contribution in [2.45, 2.75) is 26.7 Å². The highest BCUT2D eigenvalue weighted by Gasteiger charge is 2.14. The number of carbonyl (C=O) groups is 1. The van der Waals surface area contributed by atoms with Crippen molar-refractivity contribution in [3.63, 3.8) is 0 Å². The smallest absolute Gasteiger partial charge is 0.166 e. The van der Waals surface area contributed by atoms with E-state index in [9.17, 15) is 4.79 Å². The molecule has 0 spiro atoms. The number of hydrogen-bond acceptors (Lipinski definition) is 4. The van der Waals surface area contributed by atoms with E-state index in [2.05, 4.69) is 5.10 Å². The van der Waals surface area contributed by atoms with Crippen LogP contribution in [0.25, 0.3) is 5.69 Å². The number of aromatic nitrogens is 2. The lowest BCUT2D eigenvalue weighted by atomic mass is 10.1. The lowest BCUT2D eigenvalue weighted by molar-refractivity contribution is 0.0981. The summed E-state index contributed by atoms with van der Waals surface area (Å²) in [5.74, 6) is 0.0900. The van der Waals surface area contributed by atoms with Gasteiger partial charge in [-0.2, -0.15) is 10.4 Å². The summed E-state index contributed by atoms with van der Waals surface area (Å²) in [6.45, 7) is 3.81. The summed E-state index contributed by atoms with van der Waals surface area (Å²) in [4.78, 5) is 12.0. The summed E-state index contributed by atoms with van der Waals surface area (Å²) < 4.78 is 1.66. The molecule has 2 rings (SSSR count). The Balaban J connectivity index is 2.45. The molecule has 1 aromatic carbocycles. The van der Waals surface area contributed by atoms with Gasteiger partial charge < -0.3 is 5.73 Å². The molecule has 0 atom stereocenters. The largest absolute Gasteiger partial charge is 0.398 e. The average Bonchev–Trinajstić information content (AvgIpc) is 2.81. The summed E-state index contributed by atoms with van der Waals surface area (Å²) in [5, 5.41) is 13.2. The maximum Gasteiger partial charge on any atom is 0.166 e. The summed E-state index contributed by atoms with van der Waals surface area (Å²) in [6.07, 6.45) is 2.90. The number of anilines is 1. The SMILES string of the molecule is CCCC(=O)c1cnn(-c2ccc(N)c(C#N)c2)c1C. The highest BCUT2D eigenvalue weighted by atomic mass is 16.1. The molecule has 0 saturated heterocycles. The summed E-state index contributed by atoms with van der Waals surface area (Å²) in [6, 6.07) is 7.16. The van der Waals surface area contributed by atoms with Gasteiger partial charge in [0.2, 0.25) is 0 Å². The number of hydrogen-bond donors (Lipinski definition) is 1. The zero-order valence-electron chi connectivity index (χ0n) is 11.6. The number of nitrogen functional groups attached to an aromatic ring is 1. The van der Waals surface area contributed by atoms with E-state index in [0.717, 1.165) is 17.8 Å². The Morgan fingerprint density at radius 3 is 2.90 bits per heavy atom. The van der Waals surface area contributed by atoms with E-state index in [-0.39, 0.29) is 5.78 Å². The van der Waals surface area contributed by atoms with Crippen LogP contribution in [0.4, 0.5) is 5.69 Å². The quantitative estimate of drug-likeness (QED) is 0.682. The van der Waals surface area contributed by atoms with Gasteiger partial charge in [0.15, 0.2) is 5.78 Å². The highest BCUT2D eigenvalue weighted by Crippen LogP contribution is 2.20. The summed E-state index contributed by atoms with van der Waals surface area (Å²) in [7, 11) is 0. The number of Topliss-reactive ketones (excluding diaryl/α,β-unsaturated/α-hetero) is 1. The topological polar surface area (TPSA) is 84.7 Å². The van der Waals surface area contributed by atoms with Crippen molar-refractivity contribution in [1.82, 2.24) is 9.78 Å². The van der Waals surface area contributed by atoms with Crippen molar-refractivity contribution in [2.24, 2.45) is 0 Å². The maximum absolute atomic E-state index is 12.0. The number of rotatable bonds is 4. The molecule has 2 N–H and O–H groups in total. The van der Waals surface area contributed by atoms with Crippen molar-refractivity contribution >= 4 is 11.5 Å². The standard InChI is InChI=1S/C15H16N4O/c1-3-4-15(20)13-9-18-19(10(13)2)12-5-6-14(17)11(7-12)8-16/h5-7,9H,3-4,17H2,1-2H3. The number of nitrogens with zero attached hydrogens (tertiary/aromatic N) is 3. The van der Waals surface area contributed by atoms with Crippen LogP contribution >= 0.6 is 0 Å². The van der Waals surface area contributed by atoms with Crippen LogP contribution in [-0.2, 0) is 0 Å². The number of benzene rings is 1. The third-order valence-corrected chi connectivity index (χ3v) is 3.19. The van der Waals surface area contributed by atoms with Gasteiger partial charge in [0.25, 0.3) is 0 Å². The molecule has 0 aliphatic carbocycles. The van der Waals surface area contributed by atoms with Crippen molar-refractivity contribution in [3.05, 3.63) is 41.2 Å². The van der Waals surface area contributed by atoms with E-state index in [1.165, 1.54) is 0 Å². The molecular formula is C15H16N4O. The fourth-order valence-corrected chi connectivity index (χ4v) is 2.08. The van der Waals surface area contributed by atoms with Gasteiger partial charge in [-0.15, -0.1) is 0 Å². The van der Waals surface area contributed by atoms with Crippen LogP contribution in [0.2, 0.25) is 0 Å². The molecule has 1 aromatic heterocycles. The number of carbonyl (C=O) groups excluding carboxylic acids is 1. The van der Waals surface area contributed by atoms with Gasteiger partial charge in [-0.25, -0.2) is 4.68 Å². The molecule has 20 heavy (non-hydrogen) atoms. The zero-order valence-corrected chi connectivity index (χ0v) is 11.6. The molecule has 0 aliphatic rings. The Morgan fingerprint density at radius 1 is 1.50 bits per heavy atom. The van der Waals surface area contributed by atoms with E-state index >= 15 is 0 Å². The molecule has 0 bridgehead atoms. The fourth-order valence-electron chi connectivity index (χ4n) is 2.08. The highest BCUT2D eigenvalue weighted by molar-refractivity contribution is 5.96. The predicted molar refractivity (Wildman–Crippen MR) is 76.7 cm³/mol. The molecule has 0 saturated carbocycles. The van der Waals surface area contributed by atoms with Gasteiger partial charge in [0.05, 0.1) is 28.7 Å². The number of nitriles is 1. The zero-order chi connectivity index (χ0) is 14.7. The Morgan fingerprint density at radius 2 is 2.25 bits per heavy atom. The second-order valence-corrected chi connectivity index (χ2v) is 4.61. The van der Waals surface area contributed by atoms with Gasteiger partial charge >= 0.3 is 0 Å². The Bertz CT molecular complexity index is 694. The van der Waals surface area contributed by atoms with Crippen molar-refractivity contribution in [3.8, 4) is 11.8 Å². The number of ketones is 1. The van der Waals surface area contributed by atoms with Gasteiger partial charge in [0, 0.05) is 12.1 Å². The van der Waals surface area contributed by atoms with E-state index in [1.807, 2.05) is 19.9 Å². The summed E-state index contributed by atoms with van der Waals surface area (Å²) in [5.41, 5.74) is 8.67. The van der Waals surface area contributed by atoms with Crippen LogP contribution < -0.4 is 5.73 Å². The minimum Gasteiger partial charge on any atom is -0.398 e. The molecular weight excluding hydrogens is 252 g/mol. The summed E-state index contributed by atoms with van der Waals surface area (Å²) >= 11 is 0. The van der Waals surface area contributed by atoms with Crippen molar-refractivity contribution in [1.29, 1.82) is 5.26 Å². The first-order valence-corrected chi connectivity index (χ1v) is 6.46. The Labute approximate surface area is 117 Å². The van der Waals surface area contributed by atoms with Crippen LogP contribution in [0.15, 0.2) is 24.4 Å². The molecule has 0 unspecified atom stereocenters. The molecule has 5 nitrogen and oxygen atoms in total. The first-order valence-electron chi connectivity index (χ1n) is 6.46. The Hall–Kier alpha value is -2.61. The molecule has 102 valence electrons. The molecule has 0 amide bonds. The normalized spacial score (nSPS) is 10.2. The lowest BCUT2D eigenvalue weighted by Crippen LogP contribution is -2.04. The van der Waals surface area contributed by atoms with Crippen LogP contribution in [0.3, 0.4) is 0 Å². The molecule has 0 radical (unpaired) electrons. The van der Waals surface area contributed by atoms with E-state index in [0.29, 0.717) is 23.2 Å². The van der Waals surface area contributed by atoms with Gasteiger partial charge in [-0.3, -0.25) is 4.79 Å². The van der Waals surface area contributed by atoms with Crippen LogP contribution in [0.5, 0.6) is 0 Å². The van der Waals surface area contributed by atoms with Crippen molar-refractivity contribution in [2.75, 3.05) is 5.73 Å². The van der Waals surface area contributed by atoms with Crippen molar-refractivity contribution < 1.29 is 4.79 Å². The van der Waals surface area contributed by atoms with Gasteiger partial charge in [-0.1, -0.05) is 6.92 Å². The number of nitrogens with two attached hydrogens (primary N) is 1. The molecule has 0 aliphatic heterocycles. The monoisotopic (exact) mass is 268 g/mol. The third kappa shape index (κ3) is 2.41. The fraction of sp³-hybridized carbons (Fsp3) is 0.267. The first-order chi connectivity index (χ1) is 9.58. The second-order valence-electron chi connectivity index (χ2n) is 4.61. The second kappa shape index (κ2) is 5.57. The minimum atomic E-state index is 0.0900. The lowest BCUT2D eigenvalue weighted by Gasteiger charge is -2.07. The Kier molecular flexibility index (Phi) is 3.85.